The van der Waals surface area contributed by atoms with Crippen molar-refractivity contribution < 1.29 is 10.2 Å². The molecule has 1 aromatic heterocycles. The molecule has 1 aromatic rings. The highest BCUT2D eigenvalue weighted by molar-refractivity contribution is 5.60. The van der Waals surface area contributed by atoms with Gasteiger partial charge in [-0.3, -0.25) is 0 Å². The van der Waals surface area contributed by atoms with E-state index in [0.29, 0.717) is 24.6 Å². The van der Waals surface area contributed by atoms with E-state index in [4.69, 9.17) is 15.9 Å². The second-order valence-corrected chi connectivity index (χ2v) is 2.55. The molecule has 0 spiro atoms. The Morgan fingerprint density at radius 1 is 1.46 bits per heavy atom. The lowest BCUT2D eigenvalue weighted by Gasteiger charge is -2.07. The van der Waals surface area contributed by atoms with Crippen molar-refractivity contribution in [3.8, 4) is 0 Å². The summed E-state index contributed by atoms with van der Waals surface area (Å²) in [6, 6.07) is 0. The zero-order chi connectivity index (χ0) is 9.68. The van der Waals surface area contributed by atoms with Crippen molar-refractivity contribution in [2.75, 3.05) is 30.8 Å². The van der Waals surface area contributed by atoms with Gasteiger partial charge in [0, 0.05) is 6.54 Å². The van der Waals surface area contributed by atoms with Gasteiger partial charge in [-0.05, 0) is 0 Å². The topological polar surface area (TPSA) is 96.3 Å². The Kier molecular flexibility index (Phi) is 3.53. The quantitative estimate of drug-likeness (QED) is 0.466. The zero-order valence-electron chi connectivity index (χ0n) is 7.27. The molecule has 0 bridgehead atoms. The highest BCUT2D eigenvalue weighted by atomic mass is 16.3. The summed E-state index contributed by atoms with van der Waals surface area (Å²) in [6.07, 6.45) is 1.51. The number of aliphatic hydroxyl groups is 2. The predicted octanol–water partition coefficient (Wildman–Crippen LogP) is -1.14. The summed E-state index contributed by atoms with van der Waals surface area (Å²) in [4.78, 5) is 0. The van der Waals surface area contributed by atoms with Crippen molar-refractivity contribution in [3.63, 3.8) is 0 Å². The first-order valence-corrected chi connectivity index (χ1v) is 4.06. The van der Waals surface area contributed by atoms with Crippen molar-refractivity contribution in [1.82, 2.24) is 9.78 Å². The smallest absolute Gasteiger partial charge is 0.147 e. The number of hydrogen-bond acceptors (Lipinski definition) is 5. The van der Waals surface area contributed by atoms with Crippen LogP contribution in [-0.4, -0.2) is 39.8 Å². The van der Waals surface area contributed by atoms with Gasteiger partial charge in [-0.15, -0.1) is 0 Å². The van der Waals surface area contributed by atoms with Gasteiger partial charge in [0.2, 0.25) is 0 Å². The fourth-order valence-corrected chi connectivity index (χ4v) is 1.03. The van der Waals surface area contributed by atoms with E-state index in [0.717, 1.165) is 0 Å². The van der Waals surface area contributed by atoms with Gasteiger partial charge in [0.25, 0.3) is 0 Å². The van der Waals surface area contributed by atoms with E-state index in [1.54, 1.807) is 4.68 Å². The first-order valence-electron chi connectivity index (χ1n) is 4.06. The number of nitrogen functional groups attached to an aromatic ring is 1. The molecule has 0 aliphatic carbocycles. The maximum absolute atomic E-state index is 8.70. The third-order valence-electron chi connectivity index (χ3n) is 1.58. The molecule has 0 unspecified atom stereocenters. The molecule has 0 saturated carbocycles. The van der Waals surface area contributed by atoms with Crippen LogP contribution in [0.5, 0.6) is 0 Å². The number of aromatic nitrogens is 2. The molecule has 0 atom stereocenters. The summed E-state index contributed by atoms with van der Waals surface area (Å²) in [5.41, 5.74) is 6.12. The zero-order valence-corrected chi connectivity index (χ0v) is 7.27. The van der Waals surface area contributed by atoms with Gasteiger partial charge in [0.1, 0.15) is 5.82 Å². The Balaban J connectivity index is 2.69. The molecule has 13 heavy (non-hydrogen) atoms. The number of aliphatic hydroxyl groups excluding tert-OH is 2. The Morgan fingerprint density at radius 3 is 2.85 bits per heavy atom. The van der Waals surface area contributed by atoms with Crippen LogP contribution in [0.3, 0.4) is 0 Å². The summed E-state index contributed by atoms with van der Waals surface area (Å²) in [6.45, 7) is 0.852. The molecule has 0 aliphatic heterocycles. The number of nitrogens with one attached hydrogen (secondary N) is 1. The van der Waals surface area contributed by atoms with Gasteiger partial charge < -0.3 is 21.3 Å². The van der Waals surface area contributed by atoms with Gasteiger partial charge in [0.15, 0.2) is 0 Å². The van der Waals surface area contributed by atoms with Crippen LogP contribution in [0.15, 0.2) is 6.20 Å². The maximum Gasteiger partial charge on any atom is 0.147 e. The van der Waals surface area contributed by atoms with E-state index < -0.39 is 0 Å². The SMILES string of the molecule is Nc1cnn(CCO)c1NCCO. The minimum Gasteiger partial charge on any atom is -0.395 e. The fraction of sp³-hybridized carbons (Fsp3) is 0.571. The standard InChI is InChI=1S/C7H14N4O2/c8-6-5-10-11(2-4-13)7(6)9-1-3-12/h5,9,12-13H,1-4,8H2. The van der Waals surface area contributed by atoms with Crippen molar-refractivity contribution in [2.24, 2.45) is 0 Å². The van der Waals surface area contributed by atoms with E-state index in [2.05, 4.69) is 10.4 Å². The molecule has 6 heteroatoms. The molecule has 1 heterocycles. The van der Waals surface area contributed by atoms with Crippen LogP contribution in [0, 0.1) is 0 Å². The minimum atomic E-state index is 0.00885. The number of rotatable bonds is 5. The van der Waals surface area contributed by atoms with Crippen molar-refractivity contribution in [1.29, 1.82) is 0 Å². The summed E-state index contributed by atoms with van der Waals surface area (Å²) in [5, 5.41) is 24.2. The summed E-state index contributed by atoms with van der Waals surface area (Å²) in [5.74, 6) is 0.642. The Bertz CT molecular complexity index is 261. The largest absolute Gasteiger partial charge is 0.395 e. The highest BCUT2D eigenvalue weighted by Gasteiger charge is 2.05. The van der Waals surface area contributed by atoms with Gasteiger partial charge in [0.05, 0.1) is 31.6 Å². The van der Waals surface area contributed by atoms with Gasteiger partial charge in [-0.25, -0.2) is 4.68 Å². The van der Waals surface area contributed by atoms with E-state index in [1.165, 1.54) is 6.20 Å². The normalized spacial score (nSPS) is 10.3. The second-order valence-electron chi connectivity index (χ2n) is 2.55. The van der Waals surface area contributed by atoms with Crippen molar-refractivity contribution in [3.05, 3.63) is 6.20 Å². The van der Waals surface area contributed by atoms with E-state index in [-0.39, 0.29) is 13.2 Å². The number of nitrogens with two attached hydrogens (primary N) is 1. The predicted molar refractivity (Wildman–Crippen MR) is 49.3 cm³/mol. The van der Waals surface area contributed by atoms with Crippen LogP contribution in [0.4, 0.5) is 11.5 Å². The third-order valence-corrected chi connectivity index (χ3v) is 1.58. The van der Waals surface area contributed by atoms with Gasteiger partial charge in [-0.1, -0.05) is 0 Å². The molecule has 0 fully saturated rings. The van der Waals surface area contributed by atoms with Crippen LogP contribution in [0.1, 0.15) is 0 Å². The van der Waals surface area contributed by atoms with Crippen LogP contribution >= 0.6 is 0 Å². The molecule has 0 amide bonds. The lowest BCUT2D eigenvalue weighted by molar-refractivity contribution is 0.270. The lowest BCUT2D eigenvalue weighted by Crippen LogP contribution is -2.13. The van der Waals surface area contributed by atoms with E-state index in [1.807, 2.05) is 0 Å². The lowest BCUT2D eigenvalue weighted by atomic mass is 10.5. The molecule has 0 aromatic carbocycles. The third kappa shape index (κ3) is 2.33. The summed E-state index contributed by atoms with van der Waals surface area (Å²) >= 11 is 0. The average molecular weight is 186 g/mol. The molecular formula is C7H14N4O2. The molecule has 0 aliphatic rings. The van der Waals surface area contributed by atoms with Crippen LogP contribution in [-0.2, 0) is 6.54 Å². The summed E-state index contributed by atoms with van der Waals surface area (Å²) in [7, 11) is 0. The van der Waals surface area contributed by atoms with Crippen LogP contribution in [0.2, 0.25) is 0 Å². The molecule has 5 N–H and O–H groups in total. The van der Waals surface area contributed by atoms with E-state index in [9.17, 15) is 0 Å². The molecule has 1 rings (SSSR count). The molecule has 6 nitrogen and oxygen atoms in total. The molecule has 74 valence electrons. The van der Waals surface area contributed by atoms with Crippen molar-refractivity contribution in [2.45, 2.75) is 6.54 Å². The number of anilines is 2. The van der Waals surface area contributed by atoms with Crippen LogP contribution in [0.25, 0.3) is 0 Å². The highest BCUT2D eigenvalue weighted by Crippen LogP contribution is 2.16. The number of hydrogen-bond donors (Lipinski definition) is 4. The Labute approximate surface area is 76.0 Å². The van der Waals surface area contributed by atoms with Gasteiger partial charge >= 0.3 is 0 Å². The monoisotopic (exact) mass is 186 g/mol. The molecule has 0 saturated heterocycles. The van der Waals surface area contributed by atoms with Crippen molar-refractivity contribution >= 4 is 11.5 Å². The van der Waals surface area contributed by atoms with Gasteiger partial charge in [-0.2, -0.15) is 5.10 Å². The first kappa shape index (κ1) is 9.82. The molecule has 0 radical (unpaired) electrons. The molecular weight excluding hydrogens is 172 g/mol. The van der Waals surface area contributed by atoms with Crippen LogP contribution < -0.4 is 11.1 Å². The second kappa shape index (κ2) is 4.68. The summed E-state index contributed by atoms with van der Waals surface area (Å²) < 4.78 is 1.56. The number of nitrogens with zero attached hydrogens (tertiary/aromatic N) is 2. The minimum absolute atomic E-state index is 0.00885. The van der Waals surface area contributed by atoms with E-state index >= 15 is 0 Å². The maximum atomic E-state index is 8.70. The fourth-order valence-electron chi connectivity index (χ4n) is 1.03. The first-order chi connectivity index (χ1) is 6.29. The average Bonchev–Trinajstić information content (AvgIpc) is 2.45. The Morgan fingerprint density at radius 2 is 2.23 bits per heavy atom. The Hall–Kier alpha value is -1.27.